The smallest absolute Gasteiger partial charge is 0.237 e. The van der Waals surface area contributed by atoms with Crippen LogP contribution >= 0.6 is 24.8 Å². The Morgan fingerprint density at radius 3 is 2.27 bits per heavy atom. The van der Waals surface area contributed by atoms with Crippen LogP contribution in [0.15, 0.2) is 0 Å². The summed E-state index contributed by atoms with van der Waals surface area (Å²) >= 11 is 0. The van der Waals surface area contributed by atoms with E-state index >= 15 is 0 Å². The number of hydrogen-bond donors (Lipinski definition) is 2. The zero-order chi connectivity index (χ0) is 18.0. The Hall–Kier alpha value is -0.0700. The Labute approximate surface area is 172 Å². The van der Waals surface area contributed by atoms with Gasteiger partial charge in [0.1, 0.15) is 0 Å². The maximum atomic E-state index is 12.5. The molecule has 2 rings (SSSR count). The van der Waals surface area contributed by atoms with Crippen molar-refractivity contribution in [2.45, 2.75) is 83.9 Å². The Morgan fingerprint density at radius 2 is 1.77 bits per heavy atom. The van der Waals surface area contributed by atoms with Gasteiger partial charge in [0.25, 0.3) is 0 Å². The monoisotopic (exact) mass is 411 g/mol. The molecule has 0 bridgehead atoms. The fourth-order valence-corrected chi connectivity index (χ4v) is 3.99. The van der Waals surface area contributed by atoms with Crippen LogP contribution in [0.5, 0.6) is 0 Å². The van der Waals surface area contributed by atoms with E-state index in [2.05, 4.69) is 24.1 Å². The van der Waals surface area contributed by atoms with Gasteiger partial charge in [-0.05, 0) is 32.1 Å². The number of halogens is 2. The van der Waals surface area contributed by atoms with Crippen molar-refractivity contribution in [3.63, 3.8) is 0 Å². The molecule has 0 aromatic carbocycles. The molecule has 1 saturated carbocycles. The molecule has 0 radical (unpaired) electrons. The minimum Gasteiger partial charge on any atom is -0.373 e. The van der Waals surface area contributed by atoms with Crippen LogP contribution in [0.1, 0.15) is 66.7 Å². The summed E-state index contributed by atoms with van der Waals surface area (Å²) in [4.78, 5) is 15.1. The van der Waals surface area contributed by atoms with E-state index in [1.165, 1.54) is 19.3 Å². The topological polar surface area (TPSA) is 67.6 Å². The van der Waals surface area contributed by atoms with Gasteiger partial charge in [-0.25, -0.2) is 0 Å². The lowest BCUT2D eigenvalue weighted by atomic mass is 9.78. The van der Waals surface area contributed by atoms with Crippen LogP contribution in [-0.2, 0) is 9.53 Å². The van der Waals surface area contributed by atoms with Crippen LogP contribution in [0.25, 0.3) is 0 Å². The Kier molecular flexibility index (Phi) is 9.90. The summed E-state index contributed by atoms with van der Waals surface area (Å²) in [7, 11) is 0. The van der Waals surface area contributed by atoms with Crippen molar-refractivity contribution >= 4 is 30.7 Å². The van der Waals surface area contributed by atoms with Crippen LogP contribution in [0, 0.1) is 5.41 Å². The number of carbonyl (C=O) groups is 1. The predicted molar refractivity (Wildman–Crippen MR) is 112 cm³/mol. The first kappa shape index (κ1) is 25.9. The summed E-state index contributed by atoms with van der Waals surface area (Å²) in [5, 5.41) is 3.18. The number of nitrogens with one attached hydrogen (secondary N) is 1. The minimum absolute atomic E-state index is 0. The molecule has 1 saturated heterocycles. The van der Waals surface area contributed by atoms with Gasteiger partial charge in [-0.2, -0.15) is 0 Å². The number of hydrogen-bond acceptors (Lipinski definition) is 4. The van der Waals surface area contributed by atoms with Crippen molar-refractivity contribution in [3.8, 4) is 0 Å². The normalized spacial score (nSPS) is 23.9. The number of carbonyl (C=O) groups excluding carboxylic acids is 1. The molecule has 26 heavy (non-hydrogen) atoms. The standard InChI is InChI=1S/C19H37N3O2.2ClH/c1-17(2,3)15(20)16(23)21-13-19(9-7-6-8-10-19)22-11-12-24-18(4,5)14-22;;/h15H,6-14,20H2,1-5H3,(H,21,23);2*1H/t15-;;/m1../s1. The van der Waals surface area contributed by atoms with Crippen LogP contribution < -0.4 is 11.1 Å². The highest BCUT2D eigenvalue weighted by molar-refractivity contribution is 5.85. The molecule has 1 aliphatic heterocycles. The van der Waals surface area contributed by atoms with Gasteiger partial charge in [0, 0.05) is 25.2 Å². The molecular weight excluding hydrogens is 373 g/mol. The van der Waals surface area contributed by atoms with Gasteiger partial charge in [-0.15, -0.1) is 24.8 Å². The summed E-state index contributed by atoms with van der Waals surface area (Å²) in [5.41, 5.74) is 5.86. The first-order valence-electron chi connectivity index (χ1n) is 9.48. The summed E-state index contributed by atoms with van der Waals surface area (Å²) in [6, 6.07) is -0.473. The summed E-state index contributed by atoms with van der Waals surface area (Å²) in [5.74, 6) is -0.0278. The lowest BCUT2D eigenvalue weighted by molar-refractivity contribution is -0.131. The maximum absolute atomic E-state index is 12.5. The molecule has 0 unspecified atom stereocenters. The molecule has 0 spiro atoms. The first-order chi connectivity index (χ1) is 11.1. The van der Waals surface area contributed by atoms with Gasteiger partial charge in [-0.1, -0.05) is 40.0 Å². The van der Waals surface area contributed by atoms with E-state index in [1.54, 1.807) is 0 Å². The van der Waals surface area contributed by atoms with Gasteiger partial charge >= 0.3 is 0 Å². The SMILES string of the molecule is CC1(C)CN(C2(CNC(=O)[C@@H](N)C(C)(C)C)CCCCC2)CCO1.Cl.Cl. The second kappa shape index (κ2) is 9.92. The van der Waals surface area contributed by atoms with E-state index in [0.29, 0.717) is 6.54 Å². The zero-order valence-electron chi connectivity index (χ0n) is 17.1. The van der Waals surface area contributed by atoms with Crippen LogP contribution in [0.4, 0.5) is 0 Å². The average molecular weight is 412 g/mol. The Bertz CT molecular complexity index is 447. The fourth-order valence-electron chi connectivity index (χ4n) is 3.99. The molecule has 5 nitrogen and oxygen atoms in total. The third kappa shape index (κ3) is 6.52. The molecule has 1 amide bonds. The van der Waals surface area contributed by atoms with Crippen molar-refractivity contribution in [2.75, 3.05) is 26.2 Å². The van der Waals surface area contributed by atoms with E-state index in [4.69, 9.17) is 10.5 Å². The molecule has 1 heterocycles. The van der Waals surface area contributed by atoms with Gasteiger partial charge in [0.15, 0.2) is 0 Å². The van der Waals surface area contributed by atoms with Crippen molar-refractivity contribution in [2.24, 2.45) is 11.1 Å². The maximum Gasteiger partial charge on any atom is 0.237 e. The number of nitrogens with two attached hydrogens (primary N) is 1. The molecule has 0 aromatic rings. The zero-order valence-corrected chi connectivity index (χ0v) is 18.7. The highest BCUT2D eigenvalue weighted by Gasteiger charge is 2.43. The molecule has 156 valence electrons. The van der Waals surface area contributed by atoms with Crippen molar-refractivity contribution in [3.05, 3.63) is 0 Å². The van der Waals surface area contributed by atoms with Crippen molar-refractivity contribution < 1.29 is 9.53 Å². The second-order valence-electron chi connectivity index (χ2n) is 9.38. The van der Waals surface area contributed by atoms with Gasteiger partial charge < -0.3 is 15.8 Å². The largest absolute Gasteiger partial charge is 0.373 e. The lowest BCUT2D eigenvalue weighted by Crippen LogP contribution is -2.64. The van der Waals surface area contributed by atoms with Crippen LogP contribution in [0.3, 0.4) is 0 Å². The molecule has 7 heteroatoms. The van der Waals surface area contributed by atoms with Crippen molar-refractivity contribution in [1.82, 2.24) is 10.2 Å². The molecule has 2 aliphatic rings. The number of amides is 1. The number of rotatable bonds is 4. The summed E-state index contributed by atoms with van der Waals surface area (Å²) in [6.45, 7) is 13.7. The van der Waals surface area contributed by atoms with E-state index in [0.717, 1.165) is 32.5 Å². The third-order valence-electron chi connectivity index (χ3n) is 5.69. The summed E-state index contributed by atoms with van der Waals surface area (Å²) in [6.07, 6.45) is 6.06. The fraction of sp³-hybridized carbons (Fsp3) is 0.947. The second-order valence-corrected chi connectivity index (χ2v) is 9.38. The highest BCUT2D eigenvalue weighted by atomic mass is 35.5. The number of ether oxygens (including phenoxy) is 1. The highest BCUT2D eigenvalue weighted by Crippen LogP contribution is 2.36. The minimum atomic E-state index is -0.473. The van der Waals surface area contributed by atoms with Gasteiger partial charge in [0.05, 0.1) is 18.2 Å². The molecule has 2 fully saturated rings. The molecule has 1 aliphatic carbocycles. The summed E-state index contributed by atoms with van der Waals surface area (Å²) < 4.78 is 5.89. The van der Waals surface area contributed by atoms with Gasteiger partial charge in [0.2, 0.25) is 5.91 Å². The van der Waals surface area contributed by atoms with E-state index in [-0.39, 0.29) is 47.3 Å². The van der Waals surface area contributed by atoms with Crippen molar-refractivity contribution in [1.29, 1.82) is 0 Å². The molecule has 0 aromatic heterocycles. The van der Waals surface area contributed by atoms with E-state index in [9.17, 15) is 4.79 Å². The molecular formula is C19H39Cl2N3O2. The molecule has 1 atom stereocenters. The Balaban J connectivity index is 0.00000312. The number of morpholine rings is 1. The lowest BCUT2D eigenvalue weighted by Gasteiger charge is -2.51. The Morgan fingerprint density at radius 1 is 1.19 bits per heavy atom. The van der Waals surface area contributed by atoms with E-state index < -0.39 is 6.04 Å². The third-order valence-corrected chi connectivity index (χ3v) is 5.69. The molecule has 3 N–H and O–H groups in total. The predicted octanol–water partition coefficient (Wildman–Crippen LogP) is 3.13. The van der Waals surface area contributed by atoms with Crippen LogP contribution in [0.2, 0.25) is 0 Å². The first-order valence-corrected chi connectivity index (χ1v) is 9.48. The van der Waals surface area contributed by atoms with E-state index in [1.807, 2.05) is 20.8 Å². The van der Waals surface area contributed by atoms with Gasteiger partial charge in [-0.3, -0.25) is 9.69 Å². The average Bonchev–Trinajstić information content (AvgIpc) is 2.51. The van der Waals surface area contributed by atoms with Crippen LogP contribution in [-0.4, -0.2) is 54.2 Å². The quantitative estimate of drug-likeness (QED) is 0.745. The number of nitrogens with zero attached hydrogens (tertiary/aromatic N) is 1.